The minimum absolute atomic E-state index is 0.0157. The number of hydrogen-bond donors (Lipinski definition) is 0. The molecule has 6 aromatic rings. The average molecular weight is 735 g/mol. The summed E-state index contributed by atoms with van der Waals surface area (Å²) in [6, 6.07) is 27.5. The maximum atomic E-state index is 14.7. The molecule has 0 N–H and O–H groups in total. The van der Waals surface area contributed by atoms with Gasteiger partial charge in [-0.3, -0.25) is 4.79 Å². The lowest BCUT2D eigenvalue weighted by molar-refractivity contribution is -0.139. The second kappa shape index (κ2) is 16.5. The lowest BCUT2D eigenvalue weighted by atomic mass is 9.89. The van der Waals surface area contributed by atoms with Crippen LogP contribution in [-0.2, 0) is 11.4 Å². The maximum Gasteiger partial charge on any atom is 0.392 e. The van der Waals surface area contributed by atoms with Gasteiger partial charge < -0.3 is 14.1 Å². The molecule has 282 valence electrons. The highest BCUT2D eigenvalue weighted by molar-refractivity contribution is 6.27. The van der Waals surface area contributed by atoms with Crippen LogP contribution >= 0.6 is 0 Å². The third kappa shape index (κ3) is 8.03. The number of rotatable bonds is 15. The number of carbonyl (C=O) groups excluding carboxylic acids is 1. The van der Waals surface area contributed by atoms with Crippen LogP contribution in [0.4, 0.5) is 13.2 Å². The highest BCUT2D eigenvalue weighted by Crippen LogP contribution is 2.39. The smallest absolute Gasteiger partial charge is 0.392 e. The van der Waals surface area contributed by atoms with Crippen molar-refractivity contribution in [3.05, 3.63) is 124 Å². The van der Waals surface area contributed by atoms with Crippen LogP contribution < -0.4 is 4.74 Å². The predicted molar refractivity (Wildman–Crippen MR) is 214 cm³/mol. The molecule has 0 amide bonds. The average Bonchev–Trinajstić information content (AvgIpc) is 3.45. The fourth-order valence-electron chi connectivity index (χ4n) is 7.79. The van der Waals surface area contributed by atoms with Crippen molar-refractivity contribution in [2.24, 2.45) is 11.1 Å². The van der Waals surface area contributed by atoms with Gasteiger partial charge in [-0.25, -0.2) is 0 Å². The molecule has 0 bridgehead atoms. The van der Waals surface area contributed by atoms with Gasteiger partial charge in [0.15, 0.2) is 5.78 Å². The van der Waals surface area contributed by atoms with Crippen molar-refractivity contribution >= 4 is 44.1 Å². The van der Waals surface area contributed by atoms with E-state index >= 15 is 0 Å². The zero-order valence-corrected chi connectivity index (χ0v) is 32.1. The number of para-hydroxylation sites is 1. The standard InChI is InChI=1S/C46H49F3N2O3/c1-7-10-15-32(8-2)28-51-40-21-20-33(43(50-54-9-3)36-18-13-14-19-41(36)53-23-22-46(47,48)49)26-37(40)38-27-39(34-16-11-12-17-35(34)44(38)51)45(52)42-30(5)24-29(4)25-31(42)6/h11-14,16-21,24-27,32H,7-10,15,22-23,28H2,1-6H3/b50-43+. The van der Waals surface area contributed by atoms with Crippen molar-refractivity contribution in [1.29, 1.82) is 0 Å². The Labute approximate surface area is 315 Å². The number of ether oxygens (including phenoxy) is 1. The predicted octanol–water partition coefficient (Wildman–Crippen LogP) is 12.4. The number of unbranched alkanes of at least 4 members (excludes halogenated alkanes) is 1. The highest BCUT2D eigenvalue weighted by atomic mass is 19.4. The molecular weight excluding hydrogens is 686 g/mol. The first-order valence-electron chi connectivity index (χ1n) is 19.0. The minimum Gasteiger partial charge on any atom is -0.493 e. The molecule has 5 aromatic carbocycles. The molecule has 54 heavy (non-hydrogen) atoms. The molecule has 0 spiro atoms. The number of alkyl halides is 3. The van der Waals surface area contributed by atoms with Crippen LogP contribution in [0.2, 0.25) is 0 Å². The molecule has 0 aliphatic heterocycles. The van der Waals surface area contributed by atoms with E-state index in [0.29, 0.717) is 40.5 Å². The van der Waals surface area contributed by atoms with Gasteiger partial charge in [0.1, 0.15) is 18.1 Å². The van der Waals surface area contributed by atoms with Gasteiger partial charge in [0.05, 0.1) is 18.5 Å². The summed E-state index contributed by atoms with van der Waals surface area (Å²) in [7, 11) is 0. The molecule has 0 aliphatic carbocycles. The summed E-state index contributed by atoms with van der Waals surface area (Å²) in [6.07, 6.45) is -0.985. The Bertz CT molecular complexity index is 2310. The number of oxime groups is 1. The molecular formula is C46H49F3N2O3. The molecule has 0 aliphatic rings. The number of carbonyl (C=O) groups is 1. The zero-order valence-electron chi connectivity index (χ0n) is 32.1. The van der Waals surface area contributed by atoms with E-state index in [1.54, 1.807) is 24.3 Å². The third-order valence-corrected chi connectivity index (χ3v) is 10.3. The van der Waals surface area contributed by atoms with Crippen molar-refractivity contribution in [2.45, 2.75) is 86.4 Å². The quantitative estimate of drug-likeness (QED) is 0.0600. The highest BCUT2D eigenvalue weighted by Gasteiger charge is 2.28. The normalized spacial score (nSPS) is 12.9. The molecule has 1 aromatic heterocycles. The molecule has 1 atom stereocenters. The van der Waals surface area contributed by atoms with Gasteiger partial charge in [-0.05, 0) is 86.9 Å². The number of hydrogen-bond acceptors (Lipinski definition) is 4. The number of halogens is 3. The largest absolute Gasteiger partial charge is 0.493 e. The van der Waals surface area contributed by atoms with Crippen LogP contribution in [0.25, 0.3) is 32.6 Å². The number of nitrogens with zero attached hydrogens (tertiary/aromatic N) is 2. The molecule has 1 heterocycles. The maximum absolute atomic E-state index is 14.7. The van der Waals surface area contributed by atoms with E-state index < -0.39 is 19.2 Å². The minimum atomic E-state index is -4.34. The summed E-state index contributed by atoms with van der Waals surface area (Å²) < 4.78 is 47.3. The van der Waals surface area contributed by atoms with Gasteiger partial charge in [0.25, 0.3) is 0 Å². The van der Waals surface area contributed by atoms with Crippen LogP contribution in [0.1, 0.15) is 96.6 Å². The van der Waals surface area contributed by atoms with E-state index in [-0.39, 0.29) is 11.5 Å². The van der Waals surface area contributed by atoms with Gasteiger partial charge >= 0.3 is 6.18 Å². The fourth-order valence-corrected chi connectivity index (χ4v) is 7.79. The second-order valence-electron chi connectivity index (χ2n) is 14.3. The Balaban J connectivity index is 1.61. The lowest BCUT2D eigenvalue weighted by Gasteiger charge is -2.19. The van der Waals surface area contributed by atoms with Gasteiger partial charge in [0, 0.05) is 50.5 Å². The van der Waals surface area contributed by atoms with Gasteiger partial charge in [-0.15, -0.1) is 0 Å². The van der Waals surface area contributed by atoms with Crippen LogP contribution in [0, 0.1) is 26.7 Å². The number of aromatic nitrogens is 1. The van der Waals surface area contributed by atoms with Gasteiger partial charge in [-0.1, -0.05) is 98.4 Å². The number of aryl methyl sites for hydroxylation is 3. The third-order valence-electron chi connectivity index (χ3n) is 10.3. The summed E-state index contributed by atoms with van der Waals surface area (Å²) in [5.41, 5.74) is 8.15. The first-order valence-corrected chi connectivity index (χ1v) is 19.0. The van der Waals surface area contributed by atoms with E-state index in [2.05, 4.69) is 60.0 Å². The lowest BCUT2D eigenvalue weighted by Crippen LogP contribution is -2.14. The van der Waals surface area contributed by atoms with Gasteiger partial charge in [0.2, 0.25) is 0 Å². The van der Waals surface area contributed by atoms with Crippen molar-refractivity contribution < 1.29 is 27.5 Å². The fraction of sp³-hybridized carbons (Fsp3) is 0.348. The number of ketones is 1. The molecule has 0 fully saturated rings. The second-order valence-corrected chi connectivity index (χ2v) is 14.3. The monoisotopic (exact) mass is 734 g/mol. The zero-order chi connectivity index (χ0) is 38.6. The van der Waals surface area contributed by atoms with E-state index in [9.17, 15) is 18.0 Å². The summed E-state index contributed by atoms with van der Waals surface area (Å²) in [4.78, 5) is 20.3. The van der Waals surface area contributed by atoms with E-state index in [0.717, 1.165) is 81.5 Å². The van der Waals surface area contributed by atoms with Crippen LogP contribution in [0.3, 0.4) is 0 Å². The van der Waals surface area contributed by atoms with E-state index in [1.807, 2.05) is 52.0 Å². The van der Waals surface area contributed by atoms with Crippen LogP contribution in [-0.4, -0.2) is 35.5 Å². The van der Waals surface area contributed by atoms with Crippen molar-refractivity contribution in [2.75, 3.05) is 13.2 Å². The molecule has 0 saturated heterocycles. The van der Waals surface area contributed by atoms with Gasteiger partial charge in [-0.2, -0.15) is 13.2 Å². The Morgan fingerprint density at radius 3 is 2.20 bits per heavy atom. The Hall–Kier alpha value is -5.11. The Morgan fingerprint density at radius 1 is 0.815 bits per heavy atom. The molecule has 1 unspecified atom stereocenters. The molecule has 0 saturated carbocycles. The van der Waals surface area contributed by atoms with Crippen molar-refractivity contribution in [3.63, 3.8) is 0 Å². The molecule has 5 nitrogen and oxygen atoms in total. The Kier molecular flexibility index (Phi) is 11.8. The topological polar surface area (TPSA) is 52.8 Å². The van der Waals surface area contributed by atoms with Crippen LogP contribution in [0.15, 0.2) is 90.1 Å². The van der Waals surface area contributed by atoms with Crippen molar-refractivity contribution in [3.8, 4) is 5.75 Å². The van der Waals surface area contributed by atoms with E-state index in [4.69, 9.17) is 9.57 Å². The first-order chi connectivity index (χ1) is 25.9. The summed E-state index contributed by atoms with van der Waals surface area (Å²) in [5, 5.41) is 8.32. The van der Waals surface area contributed by atoms with Crippen LogP contribution in [0.5, 0.6) is 5.75 Å². The summed E-state index contributed by atoms with van der Waals surface area (Å²) >= 11 is 0. The SMILES string of the molecule is CCCCC(CC)Cn1c2ccc(/C(=N\OCC)c3ccccc3OCCC(F)(F)F)cc2c2cc(C(=O)c3c(C)cc(C)cc3C)c3ccccc3c21. The first kappa shape index (κ1) is 38.6. The number of fused-ring (bicyclic) bond motifs is 5. The number of benzene rings is 5. The molecule has 8 heteroatoms. The molecule has 6 rings (SSSR count). The van der Waals surface area contributed by atoms with Crippen molar-refractivity contribution in [1.82, 2.24) is 4.57 Å². The summed E-state index contributed by atoms with van der Waals surface area (Å²) in [6.45, 7) is 12.9. The molecule has 0 radical (unpaired) electrons. The summed E-state index contributed by atoms with van der Waals surface area (Å²) in [5.74, 6) is 0.724. The Morgan fingerprint density at radius 2 is 1.52 bits per heavy atom. The van der Waals surface area contributed by atoms with E-state index in [1.165, 1.54) is 0 Å².